The molecule has 0 N–H and O–H groups in total. The second-order valence-electron chi connectivity index (χ2n) is 18.7. The van der Waals surface area contributed by atoms with E-state index in [1.165, 1.54) is 44.5 Å². The second-order valence-corrected chi connectivity index (χ2v) is 19.9. The Balaban J connectivity index is 1.69. The van der Waals surface area contributed by atoms with E-state index >= 15 is 0 Å². The summed E-state index contributed by atoms with van der Waals surface area (Å²) in [5.74, 6) is -0.947. The minimum absolute atomic E-state index is 0.221. The van der Waals surface area contributed by atoms with Crippen LogP contribution < -0.4 is 0 Å². The fourth-order valence-electron chi connectivity index (χ4n) is 10.2. The van der Waals surface area contributed by atoms with Crippen molar-refractivity contribution in [1.82, 2.24) is 4.67 Å². The molecule has 54 heavy (non-hydrogen) atoms. The average Bonchev–Trinajstić information content (AvgIpc) is 3.29. The first-order chi connectivity index (χ1) is 25.1. The molecule has 3 aliphatic heterocycles. The Kier molecular flexibility index (Phi) is 9.94. The molecule has 288 valence electrons. The Morgan fingerprint density at radius 3 is 0.963 bits per heavy atom. The molecule has 4 aromatic rings. The molecule has 0 spiro atoms. The zero-order chi connectivity index (χ0) is 39.2. The maximum Gasteiger partial charge on any atom is 0.262 e. The van der Waals surface area contributed by atoms with Gasteiger partial charge in [0.1, 0.15) is 12.2 Å². The molecule has 5 nitrogen and oxygen atoms in total. The third-order valence-corrected chi connectivity index (χ3v) is 14.1. The van der Waals surface area contributed by atoms with Gasteiger partial charge in [0, 0.05) is 11.1 Å². The summed E-state index contributed by atoms with van der Waals surface area (Å²) >= 11 is 0. The Bertz CT molecular complexity index is 1750. The highest BCUT2D eigenvalue weighted by Crippen LogP contribution is 2.69. The van der Waals surface area contributed by atoms with Crippen molar-refractivity contribution >= 4 is 8.53 Å². The van der Waals surface area contributed by atoms with Crippen LogP contribution in [0, 0.1) is 55.4 Å². The summed E-state index contributed by atoms with van der Waals surface area (Å²) < 4.78 is 33.9. The van der Waals surface area contributed by atoms with E-state index in [0.717, 1.165) is 41.5 Å². The van der Waals surface area contributed by atoms with Crippen molar-refractivity contribution in [3.63, 3.8) is 0 Å². The number of rotatable bonds is 5. The van der Waals surface area contributed by atoms with Gasteiger partial charge < -0.3 is 18.5 Å². The molecule has 0 radical (unpaired) electrons. The number of fused-ring (bicyclic) bond motifs is 1. The lowest BCUT2D eigenvalue weighted by Crippen LogP contribution is -2.56. The van der Waals surface area contributed by atoms with Gasteiger partial charge in [0.15, 0.2) is 17.0 Å². The molecule has 2 atom stereocenters. The van der Waals surface area contributed by atoms with Gasteiger partial charge in [-0.1, -0.05) is 117 Å². The Morgan fingerprint density at radius 1 is 0.444 bits per heavy atom. The van der Waals surface area contributed by atoms with Crippen LogP contribution in [-0.2, 0) is 29.7 Å². The van der Waals surface area contributed by atoms with E-state index in [4.69, 9.17) is 18.5 Å². The van der Waals surface area contributed by atoms with Crippen LogP contribution in [0.1, 0.15) is 128 Å². The maximum absolute atomic E-state index is 8.19. The van der Waals surface area contributed by atoms with Gasteiger partial charge in [0.2, 0.25) is 0 Å². The summed E-state index contributed by atoms with van der Waals surface area (Å²) in [7, 11) is -1.82. The standard InChI is InChI=1S/C48H62NO4P/c1-30-18-31(2)23-38(22-30)47(39-24-32(3)19-33(4)25-39)42-43(51-46(13,14)50-42)48(40-26-34(5)20-35(6)27-40,41-28-36(7)21-37(8)29-41)53-54(52-47)49-44(9,10)16-15-17-45(49,11)12/h18-29,42-43H,15-17H2,1-14H3/t42-,43-/m1/s1. The largest absolute Gasteiger partial charge is 0.341 e. The van der Waals surface area contributed by atoms with Crippen molar-refractivity contribution < 1.29 is 18.5 Å². The highest BCUT2D eigenvalue weighted by Gasteiger charge is 2.69. The van der Waals surface area contributed by atoms with Gasteiger partial charge in [0.25, 0.3) is 8.53 Å². The third-order valence-electron chi connectivity index (χ3n) is 11.8. The lowest BCUT2D eigenvalue weighted by Gasteiger charge is -2.56. The molecule has 3 aliphatic rings. The van der Waals surface area contributed by atoms with Crippen LogP contribution in [0.2, 0.25) is 0 Å². The molecule has 3 saturated heterocycles. The van der Waals surface area contributed by atoms with Crippen molar-refractivity contribution in [2.45, 2.75) is 156 Å². The van der Waals surface area contributed by atoms with E-state index in [-0.39, 0.29) is 11.1 Å². The Morgan fingerprint density at radius 2 is 0.704 bits per heavy atom. The second kappa shape index (κ2) is 13.6. The van der Waals surface area contributed by atoms with Crippen LogP contribution in [0.25, 0.3) is 0 Å². The number of nitrogens with zero attached hydrogens (tertiary/aromatic N) is 1. The van der Waals surface area contributed by atoms with Crippen molar-refractivity contribution in [1.29, 1.82) is 0 Å². The number of hydrogen-bond acceptors (Lipinski definition) is 5. The zero-order valence-electron chi connectivity index (χ0n) is 35.2. The first kappa shape index (κ1) is 39.3. The molecule has 0 aliphatic carbocycles. The monoisotopic (exact) mass is 747 g/mol. The van der Waals surface area contributed by atoms with Crippen LogP contribution in [-0.4, -0.2) is 33.7 Å². The zero-order valence-corrected chi connectivity index (χ0v) is 36.1. The van der Waals surface area contributed by atoms with Gasteiger partial charge in [0.05, 0.1) is 0 Å². The predicted octanol–water partition coefficient (Wildman–Crippen LogP) is 12.2. The van der Waals surface area contributed by atoms with E-state index in [2.05, 4.69) is 161 Å². The summed E-state index contributed by atoms with van der Waals surface area (Å²) in [4.78, 5) is 0. The normalized spacial score (nSPS) is 24.6. The van der Waals surface area contributed by atoms with Crippen LogP contribution in [0.5, 0.6) is 0 Å². The number of ether oxygens (including phenoxy) is 2. The van der Waals surface area contributed by atoms with Gasteiger partial charge in [-0.2, -0.15) is 0 Å². The molecule has 7 rings (SSSR count). The fraction of sp³-hybridized carbons (Fsp3) is 0.500. The molecule has 4 aromatic carbocycles. The van der Waals surface area contributed by atoms with Gasteiger partial charge >= 0.3 is 0 Å². The summed E-state index contributed by atoms with van der Waals surface area (Å²) in [6.07, 6.45) is 1.99. The Labute approximate surface area is 326 Å². The number of aryl methyl sites for hydroxylation is 8. The van der Waals surface area contributed by atoms with Gasteiger partial charge in [-0.15, -0.1) is 0 Å². The average molecular weight is 748 g/mol. The SMILES string of the molecule is Cc1cc(C)cc(C2(c3cc(C)cc(C)c3)OP(N3C(C)(C)CCCC3(C)C)OC(c3cc(C)cc(C)c3)(c3cc(C)cc(C)c3)[C@@H]3OC(C)(C)O[C@H]32)c1. The summed E-state index contributed by atoms with van der Waals surface area (Å²) in [6.45, 7) is 31.0. The highest BCUT2D eigenvalue weighted by molar-refractivity contribution is 7.44. The smallest absolute Gasteiger partial charge is 0.262 e. The van der Waals surface area contributed by atoms with Gasteiger partial charge in [-0.3, -0.25) is 0 Å². The summed E-state index contributed by atoms with van der Waals surface area (Å²) in [6, 6.07) is 27.4. The lowest BCUT2D eigenvalue weighted by molar-refractivity contribution is -0.176. The molecule has 6 heteroatoms. The molecule has 0 saturated carbocycles. The van der Waals surface area contributed by atoms with Gasteiger partial charge in [-0.25, -0.2) is 4.67 Å². The number of piperidine rings is 1. The first-order valence-corrected chi connectivity index (χ1v) is 21.0. The van der Waals surface area contributed by atoms with Crippen LogP contribution in [0.15, 0.2) is 72.8 Å². The topological polar surface area (TPSA) is 40.2 Å². The van der Waals surface area contributed by atoms with E-state index < -0.39 is 37.7 Å². The number of benzene rings is 4. The van der Waals surface area contributed by atoms with Crippen molar-refractivity contribution in [3.8, 4) is 0 Å². The minimum Gasteiger partial charge on any atom is -0.341 e. The third kappa shape index (κ3) is 6.82. The predicted molar refractivity (Wildman–Crippen MR) is 222 cm³/mol. The van der Waals surface area contributed by atoms with E-state index in [0.29, 0.717) is 0 Å². The molecular weight excluding hydrogens is 686 g/mol. The van der Waals surface area contributed by atoms with Crippen LogP contribution >= 0.6 is 8.53 Å². The Hall–Kier alpha value is -2.89. The molecule has 0 amide bonds. The van der Waals surface area contributed by atoms with Crippen molar-refractivity contribution in [3.05, 3.63) is 140 Å². The summed E-state index contributed by atoms with van der Waals surface area (Å²) in [5.41, 5.74) is 11.0. The molecular formula is C48H62NO4P. The van der Waals surface area contributed by atoms with Crippen LogP contribution in [0.4, 0.5) is 0 Å². The van der Waals surface area contributed by atoms with Crippen molar-refractivity contribution in [2.24, 2.45) is 0 Å². The maximum atomic E-state index is 8.19. The molecule has 0 bridgehead atoms. The van der Waals surface area contributed by atoms with Gasteiger partial charge in [-0.05, 0) is 138 Å². The fourth-order valence-corrected chi connectivity index (χ4v) is 12.6. The summed E-state index contributed by atoms with van der Waals surface area (Å²) in [5, 5.41) is 0. The number of hydrogen-bond donors (Lipinski definition) is 0. The van der Waals surface area contributed by atoms with E-state index in [1.807, 2.05) is 13.8 Å². The van der Waals surface area contributed by atoms with Crippen LogP contribution in [0.3, 0.4) is 0 Å². The van der Waals surface area contributed by atoms with E-state index in [9.17, 15) is 0 Å². The highest BCUT2D eigenvalue weighted by atomic mass is 31.2. The molecule has 0 aromatic heterocycles. The van der Waals surface area contributed by atoms with E-state index in [1.54, 1.807) is 0 Å². The molecule has 0 unspecified atom stereocenters. The molecule has 3 fully saturated rings. The first-order valence-electron chi connectivity index (χ1n) is 19.8. The molecule has 3 heterocycles. The lowest BCUT2D eigenvalue weighted by atomic mass is 9.70. The quantitative estimate of drug-likeness (QED) is 0.190. The minimum atomic E-state index is -1.82. The van der Waals surface area contributed by atoms with Crippen molar-refractivity contribution in [2.75, 3.05) is 0 Å².